The summed E-state index contributed by atoms with van der Waals surface area (Å²) >= 11 is 0. The van der Waals surface area contributed by atoms with Gasteiger partial charge in [0.25, 0.3) is 0 Å². The third-order valence-corrected chi connectivity index (χ3v) is 4.08. The first kappa shape index (κ1) is 16.2. The van der Waals surface area contributed by atoms with E-state index >= 15 is 0 Å². The highest BCUT2D eigenvalue weighted by Gasteiger charge is 2.43. The van der Waals surface area contributed by atoms with Crippen molar-refractivity contribution in [3.05, 3.63) is 0 Å². The number of carbonyl (C=O) groups excluding carboxylic acids is 2. The van der Waals surface area contributed by atoms with Crippen LogP contribution in [0, 0.1) is 5.92 Å². The van der Waals surface area contributed by atoms with E-state index in [-0.39, 0.29) is 30.2 Å². The number of carbonyl (C=O) groups is 2. The summed E-state index contributed by atoms with van der Waals surface area (Å²) in [5.74, 6) is -0.303. The van der Waals surface area contributed by atoms with Crippen LogP contribution in [0.5, 0.6) is 0 Å². The van der Waals surface area contributed by atoms with Crippen LogP contribution in [0.15, 0.2) is 0 Å². The molecule has 1 atom stereocenters. The number of nitrogens with one attached hydrogen (secondary N) is 2. The van der Waals surface area contributed by atoms with Crippen molar-refractivity contribution in [3.63, 3.8) is 0 Å². The van der Waals surface area contributed by atoms with Crippen molar-refractivity contribution in [2.45, 2.75) is 44.1 Å². The van der Waals surface area contributed by atoms with E-state index in [1.807, 2.05) is 0 Å². The molecule has 1 saturated carbocycles. The second-order valence-corrected chi connectivity index (χ2v) is 5.31. The molecule has 1 heterocycles. The van der Waals surface area contributed by atoms with Gasteiger partial charge in [0.1, 0.15) is 5.54 Å². The van der Waals surface area contributed by atoms with E-state index in [9.17, 15) is 9.59 Å². The number of ether oxygens (including phenoxy) is 1. The average Bonchev–Trinajstić information content (AvgIpc) is 2.93. The minimum absolute atomic E-state index is 0. The van der Waals surface area contributed by atoms with Gasteiger partial charge in [0, 0.05) is 6.54 Å². The third-order valence-electron chi connectivity index (χ3n) is 4.08. The number of methoxy groups -OCH3 is 1. The van der Waals surface area contributed by atoms with Gasteiger partial charge in [0.2, 0.25) is 5.91 Å². The summed E-state index contributed by atoms with van der Waals surface area (Å²) in [6.45, 7) is 1.59. The molecular formula is C13H23ClN2O3. The molecule has 2 fully saturated rings. The molecule has 1 saturated heterocycles. The summed E-state index contributed by atoms with van der Waals surface area (Å²) in [5.41, 5.74) is -0.771. The Kier molecular flexibility index (Phi) is 6.07. The maximum atomic E-state index is 12.2. The number of hydrogen-bond acceptors (Lipinski definition) is 4. The standard InChI is InChI=1S/C13H22N2O3.ClH/c1-18-12(17)13(6-3-2-4-7-13)15-11(16)10-5-8-14-9-10;/h10,14H,2-9H2,1H3,(H,15,16);1H. The summed E-state index contributed by atoms with van der Waals surface area (Å²) in [4.78, 5) is 24.2. The van der Waals surface area contributed by atoms with Crippen molar-refractivity contribution in [3.8, 4) is 0 Å². The first-order chi connectivity index (χ1) is 8.68. The van der Waals surface area contributed by atoms with Crippen LogP contribution >= 0.6 is 12.4 Å². The monoisotopic (exact) mass is 290 g/mol. The minimum atomic E-state index is -0.771. The fourth-order valence-corrected chi connectivity index (χ4v) is 2.95. The van der Waals surface area contributed by atoms with Crippen LogP contribution in [0.2, 0.25) is 0 Å². The lowest BCUT2D eigenvalue weighted by Gasteiger charge is -2.35. The van der Waals surface area contributed by atoms with Gasteiger partial charge in [-0.25, -0.2) is 4.79 Å². The first-order valence-electron chi connectivity index (χ1n) is 6.79. The van der Waals surface area contributed by atoms with Gasteiger partial charge in [0.15, 0.2) is 0 Å². The van der Waals surface area contributed by atoms with Crippen molar-refractivity contribution in [1.82, 2.24) is 10.6 Å². The van der Waals surface area contributed by atoms with E-state index < -0.39 is 5.54 Å². The van der Waals surface area contributed by atoms with Crippen LogP contribution in [0.3, 0.4) is 0 Å². The summed E-state index contributed by atoms with van der Waals surface area (Å²) in [6, 6.07) is 0. The molecule has 2 rings (SSSR count). The predicted molar refractivity (Wildman–Crippen MR) is 74.2 cm³/mol. The lowest BCUT2D eigenvalue weighted by Crippen LogP contribution is -2.57. The van der Waals surface area contributed by atoms with Gasteiger partial charge in [-0.1, -0.05) is 19.3 Å². The van der Waals surface area contributed by atoms with Crippen LogP contribution in [0.25, 0.3) is 0 Å². The minimum Gasteiger partial charge on any atom is -0.467 e. The van der Waals surface area contributed by atoms with Crippen molar-refractivity contribution in [2.75, 3.05) is 20.2 Å². The molecule has 1 aliphatic heterocycles. The lowest BCUT2D eigenvalue weighted by atomic mass is 9.81. The van der Waals surface area contributed by atoms with Crippen LogP contribution in [-0.2, 0) is 14.3 Å². The van der Waals surface area contributed by atoms with Crippen molar-refractivity contribution >= 4 is 24.3 Å². The van der Waals surface area contributed by atoms with E-state index in [0.717, 1.165) is 32.2 Å². The van der Waals surface area contributed by atoms with Crippen molar-refractivity contribution < 1.29 is 14.3 Å². The van der Waals surface area contributed by atoms with E-state index in [1.165, 1.54) is 7.11 Å². The van der Waals surface area contributed by atoms with Gasteiger partial charge in [-0.3, -0.25) is 4.79 Å². The Balaban J connectivity index is 0.00000180. The Morgan fingerprint density at radius 1 is 1.26 bits per heavy atom. The normalized spacial score (nSPS) is 25.2. The summed E-state index contributed by atoms with van der Waals surface area (Å²) in [6.07, 6.45) is 5.32. The largest absolute Gasteiger partial charge is 0.467 e. The highest BCUT2D eigenvalue weighted by Crippen LogP contribution is 2.30. The molecule has 19 heavy (non-hydrogen) atoms. The molecule has 6 heteroatoms. The topological polar surface area (TPSA) is 67.4 Å². The number of rotatable bonds is 3. The molecule has 0 radical (unpaired) electrons. The Hall–Kier alpha value is -0.810. The molecule has 0 aromatic carbocycles. The predicted octanol–water partition coefficient (Wildman–Crippen LogP) is 1.01. The fourth-order valence-electron chi connectivity index (χ4n) is 2.95. The Morgan fingerprint density at radius 2 is 1.95 bits per heavy atom. The molecular weight excluding hydrogens is 268 g/mol. The van der Waals surface area contributed by atoms with Crippen molar-refractivity contribution in [2.24, 2.45) is 5.92 Å². The summed E-state index contributed by atoms with van der Waals surface area (Å²) < 4.78 is 4.89. The SMILES string of the molecule is COC(=O)C1(NC(=O)C2CCNC2)CCCCC1.Cl. The van der Waals surface area contributed by atoms with E-state index in [4.69, 9.17) is 4.74 Å². The van der Waals surface area contributed by atoms with Gasteiger partial charge < -0.3 is 15.4 Å². The molecule has 5 nitrogen and oxygen atoms in total. The quantitative estimate of drug-likeness (QED) is 0.761. The van der Waals surface area contributed by atoms with Crippen LogP contribution in [0.1, 0.15) is 38.5 Å². The highest BCUT2D eigenvalue weighted by molar-refractivity contribution is 5.89. The zero-order chi connectivity index (χ0) is 13.0. The Morgan fingerprint density at radius 3 is 2.47 bits per heavy atom. The molecule has 2 aliphatic rings. The van der Waals surface area contributed by atoms with Crippen LogP contribution < -0.4 is 10.6 Å². The molecule has 0 aromatic heterocycles. The average molecular weight is 291 g/mol. The fraction of sp³-hybridized carbons (Fsp3) is 0.846. The van der Waals surface area contributed by atoms with E-state index in [1.54, 1.807) is 0 Å². The number of amides is 1. The molecule has 0 spiro atoms. The summed E-state index contributed by atoms with van der Waals surface area (Å²) in [5, 5.41) is 6.14. The zero-order valence-corrected chi connectivity index (χ0v) is 12.2. The number of esters is 1. The Labute approximate surface area is 120 Å². The smallest absolute Gasteiger partial charge is 0.331 e. The van der Waals surface area contributed by atoms with Gasteiger partial charge >= 0.3 is 5.97 Å². The van der Waals surface area contributed by atoms with Gasteiger partial charge in [-0.2, -0.15) is 0 Å². The molecule has 1 amide bonds. The second-order valence-electron chi connectivity index (χ2n) is 5.31. The molecule has 110 valence electrons. The van der Waals surface area contributed by atoms with E-state index in [2.05, 4.69) is 10.6 Å². The van der Waals surface area contributed by atoms with Crippen LogP contribution in [-0.4, -0.2) is 37.6 Å². The maximum Gasteiger partial charge on any atom is 0.331 e. The van der Waals surface area contributed by atoms with E-state index in [0.29, 0.717) is 19.4 Å². The molecule has 0 bridgehead atoms. The van der Waals surface area contributed by atoms with Gasteiger partial charge in [0.05, 0.1) is 13.0 Å². The first-order valence-corrected chi connectivity index (χ1v) is 6.79. The molecule has 1 unspecified atom stereocenters. The molecule has 2 N–H and O–H groups in total. The van der Waals surface area contributed by atoms with Crippen LogP contribution in [0.4, 0.5) is 0 Å². The van der Waals surface area contributed by atoms with Crippen molar-refractivity contribution in [1.29, 1.82) is 0 Å². The third kappa shape index (κ3) is 3.60. The molecule has 1 aliphatic carbocycles. The lowest BCUT2D eigenvalue weighted by molar-refractivity contribution is -0.153. The molecule has 0 aromatic rings. The van der Waals surface area contributed by atoms with Gasteiger partial charge in [-0.05, 0) is 25.8 Å². The Bertz CT molecular complexity index is 324. The van der Waals surface area contributed by atoms with Gasteiger partial charge in [-0.15, -0.1) is 12.4 Å². The maximum absolute atomic E-state index is 12.2. The number of hydrogen-bond donors (Lipinski definition) is 2. The second kappa shape index (κ2) is 7.10. The summed E-state index contributed by atoms with van der Waals surface area (Å²) in [7, 11) is 1.39. The number of halogens is 1. The zero-order valence-electron chi connectivity index (χ0n) is 11.4. The highest BCUT2D eigenvalue weighted by atomic mass is 35.5.